The van der Waals surface area contributed by atoms with Crippen molar-refractivity contribution in [3.8, 4) is 0 Å². The van der Waals surface area contributed by atoms with E-state index in [1.807, 2.05) is 0 Å². The quantitative estimate of drug-likeness (QED) is 0.811. The van der Waals surface area contributed by atoms with Crippen LogP contribution in [0.15, 0.2) is 0 Å². The molecular weight excluding hydrogens is 238 g/mol. The second kappa shape index (κ2) is 5.80. The maximum Gasteiger partial charge on any atom is 0.240 e. The number of amides is 1. The first-order valence-corrected chi connectivity index (χ1v) is 8.02. The lowest BCUT2D eigenvalue weighted by molar-refractivity contribution is -0.133. The Kier molecular flexibility index (Phi) is 4.08. The molecule has 1 amide bonds. The van der Waals surface area contributed by atoms with Crippen LogP contribution < -0.4 is 5.32 Å². The van der Waals surface area contributed by atoms with Crippen LogP contribution in [0.25, 0.3) is 0 Å². The van der Waals surface area contributed by atoms with Crippen LogP contribution in [0.2, 0.25) is 0 Å². The Morgan fingerprint density at radius 1 is 1.11 bits per heavy atom. The molecular formula is C15H27N3O. The van der Waals surface area contributed by atoms with Crippen molar-refractivity contribution in [1.82, 2.24) is 15.1 Å². The highest BCUT2D eigenvalue weighted by Crippen LogP contribution is 2.23. The molecule has 0 aromatic carbocycles. The Morgan fingerprint density at radius 2 is 1.89 bits per heavy atom. The number of nitrogens with zero attached hydrogens (tertiary/aromatic N) is 2. The number of likely N-dealkylation sites (tertiary alicyclic amines) is 2. The molecule has 19 heavy (non-hydrogen) atoms. The fraction of sp³-hybridized carbons (Fsp3) is 0.933. The molecule has 3 heterocycles. The first-order chi connectivity index (χ1) is 9.25. The van der Waals surface area contributed by atoms with Crippen LogP contribution in [0.5, 0.6) is 0 Å². The van der Waals surface area contributed by atoms with E-state index >= 15 is 0 Å². The van der Waals surface area contributed by atoms with Crippen LogP contribution in [0.1, 0.15) is 39.0 Å². The highest BCUT2D eigenvalue weighted by Gasteiger charge is 2.37. The molecule has 3 aliphatic rings. The maximum atomic E-state index is 12.5. The van der Waals surface area contributed by atoms with Crippen molar-refractivity contribution in [2.75, 3.05) is 32.7 Å². The van der Waals surface area contributed by atoms with E-state index in [2.05, 4.69) is 22.0 Å². The van der Waals surface area contributed by atoms with Crippen molar-refractivity contribution in [2.24, 2.45) is 5.92 Å². The molecule has 3 fully saturated rings. The number of carbonyl (C=O) groups is 1. The van der Waals surface area contributed by atoms with Gasteiger partial charge in [-0.25, -0.2) is 0 Å². The number of hydrogen-bond acceptors (Lipinski definition) is 3. The molecule has 108 valence electrons. The summed E-state index contributed by atoms with van der Waals surface area (Å²) in [5.74, 6) is 0.853. The second-order valence-corrected chi connectivity index (χ2v) is 6.52. The zero-order valence-corrected chi connectivity index (χ0v) is 12.1. The third kappa shape index (κ3) is 2.79. The van der Waals surface area contributed by atoms with E-state index < -0.39 is 0 Å². The van der Waals surface area contributed by atoms with Crippen LogP contribution >= 0.6 is 0 Å². The van der Waals surface area contributed by atoms with Crippen molar-refractivity contribution in [1.29, 1.82) is 0 Å². The first kappa shape index (κ1) is 13.4. The minimum Gasteiger partial charge on any atom is -0.340 e. The molecule has 4 nitrogen and oxygen atoms in total. The van der Waals surface area contributed by atoms with Gasteiger partial charge >= 0.3 is 0 Å². The van der Waals surface area contributed by atoms with Gasteiger partial charge in [-0.1, -0.05) is 13.3 Å². The fourth-order valence-corrected chi connectivity index (χ4v) is 3.89. The molecule has 3 saturated heterocycles. The van der Waals surface area contributed by atoms with E-state index in [-0.39, 0.29) is 6.04 Å². The molecule has 0 radical (unpaired) electrons. The minimum atomic E-state index is 0.0834. The molecule has 3 unspecified atom stereocenters. The smallest absolute Gasteiger partial charge is 0.240 e. The Labute approximate surface area is 116 Å². The van der Waals surface area contributed by atoms with E-state index in [4.69, 9.17) is 0 Å². The lowest BCUT2D eigenvalue weighted by Crippen LogP contribution is -2.47. The molecule has 0 aromatic rings. The highest BCUT2D eigenvalue weighted by molar-refractivity contribution is 5.82. The summed E-state index contributed by atoms with van der Waals surface area (Å²) in [6, 6.07) is 0.709. The summed E-state index contributed by atoms with van der Waals surface area (Å²) in [5.41, 5.74) is 0. The standard InChI is InChI=1S/C15H27N3O/c1-12-5-7-16-14(12)15(19)18-10-6-13(11-18)17-8-3-2-4-9-17/h12-14,16H,2-11H2,1H3. The maximum absolute atomic E-state index is 12.5. The van der Waals surface area contributed by atoms with E-state index in [9.17, 15) is 4.79 Å². The summed E-state index contributed by atoms with van der Waals surface area (Å²) >= 11 is 0. The fourth-order valence-electron chi connectivity index (χ4n) is 3.89. The Bertz CT molecular complexity index is 327. The van der Waals surface area contributed by atoms with Crippen molar-refractivity contribution in [3.05, 3.63) is 0 Å². The molecule has 0 spiro atoms. The van der Waals surface area contributed by atoms with Crippen molar-refractivity contribution in [2.45, 2.75) is 51.1 Å². The lowest BCUT2D eigenvalue weighted by Gasteiger charge is -2.32. The molecule has 3 rings (SSSR count). The molecule has 1 N–H and O–H groups in total. The second-order valence-electron chi connectivity index (χ2n) is 6.52. The first-order valence-electron chi connectivity index (χ1n) is 8.02. The van der Waals surface area contributed by atoms with Crippen LogP contribution in [0, 0.1) is 5.92 Å². The monoisotopic (exact) mass is 265 g/mol. The van der Waals surface area contributed by atoms with Gasteiger partial charge in [-0.15, -0.1) is 0 Å². The van der Waals surface area contributed by atoms with E-state index in [1.165, 1.54) is 38.8 Å². The lowest BCUT2D eigenvalue weighted by atomic mass is 10.0. The van der Waals surface area contributed by atoms with Gasteiger partial charge in [0.05, 0.1) is 6.04 Å². The number of nitrogens with one attached hydrogen (secondary N) is 1. The van der Waals surface area contributed by atoms with Gasteiger partial charge in [0.1, 0.15) is 0 Å². The van der Waals surface area contributed by atoms with Crippen molar-refractivity contribution < 1.29 is 4.79 Å². The number of hydrogen-bond donors (Lipinski definition) is 1. The van der Waals surface area contributed by atoms with Crippen LogP contribution in [-0.4, -0.2) is 60.5 Å². The normalized spacial score (nSPS) is 36.9. The molecule has 0 aliphatic carbocycles. The van der Waals surface area contributed by atoms with Gasteiger partial charge in [0.15, 0.2) is 0 Å². The predicted octanol–water partition coefficient (Wildman–Crippen LogP) is 1.07. The third-order valence-corrected chi connectivity index (χ3v) is 5.18. The number of rotatable bonds is 2. The predicted molar refractivity (Wildman–Crippen MR) is 76.0 cm³/mol. The van der Waals surface area contributed by atoms with Gasteiger partial charge in [-0.3, -0.25) is 9.69 Å². The van der Waals surface area contributed by atoms with Crippen molar-refractivity contribution >= 4 is 5.91 Å². The van der Waals surface area contributed by atoms with E-state index in [0.717, 1.165) is 26.1 Å². The van der Waals surface area contributed by atoms with E-state index in [0.29, 0.717) is 17.9 Å². The highest BCUT2D eigenvalue weighted by atomic mass is 16.2. The molecule has 3 aliphatic heterocycles. The summed E-state index contributed by atoms with van der Waals surface area (Å²) in [6.07, 6.45) is 6.37. The van der Waals surface area contributed by atoms with Gasteiger partial charge in [0.2, 0.25) is 5.91 Å². The summed E-state index contributed by atoms with van der Waals surface area (Å²) < 4.78 is 0. The SMILES string of the molecule is CC1CCNC1C(=O)N1CCC(N2CCCCC2)C1. The van der Waals surface area contributed by atoms with Crippen LogP contribution in [-0.2, 0) is 4.79 Å². The van der Waals surface area contributed by atoms with Gasteiger partial charge in [0.25, 0.3) is 0 Å². The average molecular weight is 265 g/mol. The molecule has 0 saturated carbocycles. The van der Waals surface area contributed by atoms with Gasteiger partial charge in [-0.2, -0.15) is 0 Å². The van der Waals surface area contributed by atoms with Crippen LogP contribution in [0.4, 0.5) is 0 Å². The Balaban J connectivity index is 1.54. The zero-order valence-electron chi connectivity index (χ0n) is 12.1. The third-order valence-electron chi connectivity index (χ3n) is 5.18. The summed E-state index contributed by atoms with van der Waals surface area (Å²) in [7, 11) is 0. The van der Waals surface area contributed by atoms with Crippen molar-refractivity contribution in [3.63, 3.8) is 0 Å². The summed E-state index contributed by atoms with van der Waals surface area (Å²) in [4.78, 5) is 17.3. The summed E-state index contributed by atoms with van der Waals surface area (Å²) in [6.45, 7) is 7.60. The Hall–Kier alpha value is -0.610. The molecule has 0 aromatic heterocycles. The number of piperidine rings is 1. The summed E-state index contributed by atoms with van der Waals surface area (Å²) in [5, 5.41) is 3.37. The minimum absolute atomic E-state index is 0.0834. The Morgan fingerprint density at radius 3 is 2.58 bits per heavy atom. The van der Waals surface area contributed by atoms with Gasteiger partial charge in [-0.05, 0) is 51.2 Å². The topological polar surface area (TPSA) is 35.6 Å². The number of carbonyl (C=O) groups excluding carboxylic acids is 1. The average Bonchev–Trinajstić information content (AvgIpc) is 3.08. The molecule has 0 bridgehead atoms. The zero-order chi connectivity index (χ0) is 13.2. The molecule has 3 atom stereocenters. The van der Waals surface area contributed by atoms with Gasteiger partial charge < -0.3 is 10.2 Å². The molecule has 4 heteroatoms. The largest absolute Gasteiger partial charge is 0.340 e. The van der Waals surface area contributed by atoms with Gasteiger partial charge in [0, 0.05) is 19.1 Å². The van der Waals surface area contributed by atoms with Crippen LogP contribution in [0.3, 0.4) is 0 Å². The van der Waals surface area contributed by atoms with E-state index in [1.54, 1.807) is 0 Å².